The fraction of sp³-hybridized carbons (Fsp3) is 0.0667. The molecule has 26 heavy (non-hydrogen) atoms. The van der Waals surface area contributed by atoms with Crippen molar-refractivity contribution in [2.24, 2.45) is 0 Å². The zero-order valence-corrected chi connectivity index (χ0v) is 14.4. The lowest BCUT2D eigenvalue weighted by molar-refractivity contribution is -0.113. The number of carbonyl (C=O) groups excluding carboxylic acids is 1. The number of aromatic nitrogens is 4. The number of nitrogens with one attached hydrogen (secondary N) is 1. The molecule has 134 valence electrons. The highest BCUT2D eigenvalue weighted by atomic mass is 35.5. The third-order valence-electron chi connectivity index (χ3n) is 3.15. The Bertz CT molecular complexity index is 951. The molecule has 11 heteroatoms. The van der Waals surface area contributed by atoms with E-state index in [1.807, 2.05) is 0 Å². The van der Waals surface area contributed by atoms with E-state index in [0.717, 1.165) is 23.9 Å². The number of hydrogen-bond acceptors (Lipinski definition) is 5. The highest BCUT2D eigenvalue weighted by molar-refractivity contribution is 7.99. The summed E-state index contributed by atoms with van der Waals surface area (Å²) in [7, 11) is 0. The Morgan fingerprint density at radius 2 is 1.85 bits per heavy atom. The molecule has 0 radical (unpaired) electrons. The Kier molecular flexibility index (Phi) is 5.43. The third kappa shape index (κ3) is 3.97. The molecule has 1 amide bonds. The molecule has 3 rings (SSSR count). The third-order valence-corrected chi connectivity index (χ3v) is 4.33. The Labute approximate surface area is 154 Å². The molecule has 0 spiro atoms. The van der Waals surface area contributed by atoms with Gasteiger partial charge in [0.05, 0.1) is 17.1 Å². The van der Waals surface area contributed by atoms with Crippen LogP contribution in [0.4, 0.5) is 18.9 Å². The van der Waals surface area contributed by atoms with Crippen LogP contribution in [0.5, 0.6) is 0 Å². The molecule has 0 atom stereocenters. The molecule has 1 N–H and O–H groups in total. The number of rotatable bonds is 5. The van der Waals surface area contributed by atoms with Gasteiger partial charge in [0.25, 0.3) is 0 Å². The van der Waals surface area contributed by atoms with E-state index in [4.69, 9.17) is 11.6 Å². The maximum absolute atomic E-state index is 13.6. The van der Waals surface area contributed by atoms with Crippen molar-refractivity contribution in [3.05, 3.63) is 58.9 Å². The first kappa shape index (κ1) is 18.2. The van der Waals surface area contributed by atoms with E-state index in [1.54, 1.807) is 24.3 Å². The molecule has 0 bridgehead atoms. The van der Waals surface area contributed by atoms with Crippen molar-refractivity contribution in [3.8, 4) is 5.69 Å². The molecule has 0 saturated heterocycles. The summed E-state index contributed by atoms with van der Waals surface area (Å²) in [4.78, 5) is 11.9. The van der Waals surface area contributed by atoms with Gasteiger partial charge in [-0.15, -0.1) is 5.10 Å². The number of halogens is 4. The summed E-state index contributed by atoms with van der Waals surface area (Å²) in [5.74, 6) is -5.26. The van der Waals surface area contributed by atoms with E-state index < -0.39 is 29.0 Å². The molecule has 1 heterocycles. The van der Waals surface area contributed by atoms with Crippen molar-refractivity contribution >= 4 is 35.0 Å². The van der Waals surface area contributed by atoms with Crippen LogP contribution >= 0.6 is 23.4 Å². The summed E-state index contributed by atoms with van der Waals surface area (Å²) < 4.78 is 41.0. The number of carbonyl (C=O) groups is 1. The molecule has 2 aromatic carbocycles. The smallest absolute Gasteiger partial charge is 0.234 e. The lowest BCUT2D eigenvalue weighted by atomic mass is 10.3. The topological polar surface area (TPSA) is 72.7 Å². The minimum atomic E-state index is -1.65. The van der Waals surface area contributed by atoms with Gasteiger partial charge in [-0.1, -0.05) is 23.4 Å². The SMILES string of the molecule is O=C(CSc1nnnn1-c1ccc(Cl)cc1)Nc1ccc(F)c(F)c1F. The van der Waals surface area contributed by atoms with Gasteiger partial charge in [0.2, 0.25) is 11.1 Å². The average molecular weight is 400 g/mol. The van der Waals surface area contributed by atoms with Gasteiger partial charge >= 0.3 is 0 Å². The van der Waals surface area contributed by atoms with Gasteiger partial charge in [-0.3, -0.25) is 4.79 Å². The van der Waals surface area contributed by atoms with Crippen LogP contribution < -0.4 is 5.32 Å². The molecule has 0 saturated carbocycles. The second-order valence-electron chi connectivity index (χ2n) is 4.91. The van der Waals surface area contributed by atoms with Crippen molar-refractivity contribution < 1.29 is 18.0 Å². The minimum Gasteiger partial charge on any atom is -0.323 e. The highest BCUT2D eigenvalue weighted by Crippen LogP contribution is 2.22. The predicted molar refractivity (Wildman–Crippen MR) is 89.8 cm³/mol. The van der Waals surface area contributed by atoms with Crippen LogP contribution in [-0.2, 0) is 4.79 Å². The van der Waals surface area contributed by atoms with Gasteiger partial charge in [0.15, 0.2) is 17.5 Å². The monoisotopic (exact) mass is 399 g/mol. The number of tetrazole rings is 1. The summed E-state index contributed by atoms with van der Waals surface area (Å²) in [5.41, 5.74) is 0.181. The molecular formula is C15H9ClF3N5OS. The molecule has 0 aliphatic rings. The van der Waals surface area contributed by atoms with Crippen molar-refractivity contribution in [1.29, 1.82) is 0 Å². The fourth-order valence-electron chi connectivity index (χ4n) is 1.95. The Hall–Kier alpha value is -2.59. The van der Waals surface area contributed by atoms with Gasteiger partial charge in [-0.2, -0.15) is 4.68 Å². The van der Waals surface area contributed by atoms with E-state index in [9.17, 15) is 18.0 Å². The lowest BCUT2D eigenvalue weighted by Gasteiger charge is -2.07. The summed E-state index contributed by atoms with van der Waals surface area (Å²) in [5, 5.41) is 14.2. The predicted octanol–water partition coefficient (Wildman–Crippen LogP) is 3.46. The molecule has 0 aliphatic heterocycles. The van der Waals surface area contributed by atoms with Crippen LogP contribution in [0.1, 0.15) is 0 Å². The van der Waals surface area contributed by atoms with Gasteiger partial charge in [0, 0.05) is 5.02 Å². The van der Waals surface area contributed by atoms with Crippen molar-refractivity contribution in [3.63, 3.8) is 0 Å². The number of benzene rings is 2. The molecule has 0 aliphatic carbocycles. The van der Waals surface area contributed by atoms with Crippen LogP contribution in [0, 0.1) is 17.5 Å². The number of thioether (sulfide) groups is 1. The number of anilines is 1. The van der Waals surface area contributed by atoms with Crippen LogP contribution in [0.15, 0.2) is 41.6 Å². The lowest BCUT2D eigenvalue weighted by Crippen LogP contribution is -2.16. The van der Waals surface area contributed by atoms with Gasteiger partial charge in [-0.05, 0) is 46.8 Å². The summed E-state index contributed by atoms with van der Waals surface area (Å²) >= 11 is 6.81. The largest absolute Gasteiger partial charge is 0.323 e. The van der Waals surface area contributed by atoms with Crippen molar-refractivity contribution in [1.82, 2.24) is 20.2 Å². The molecule has 1 aromatic heterocycles. The average Bonchev–Trinajstić information content (AvgIpc) is 3.10. The van der Waals surface area contributed by atoms with Crippen LogP contribution in [0.25, 0.3) is 5.69 Å². The summed E-state index contributed by atoms with van der Waals surface area (Å²) in [6, 6.07) is 8.37. The zero-order chi connectivity index (χ0) is 18.7. The quantitative estimate of drug-likeness (QED) is 0.525. The summed E-state index contributed by atoms with van der Waals surface area (Å²) in [6.07, 6.45) is 0. The fourth-order valence-corrected chi connectivity index (χ4v) is 2.77. The molecule has 0 fully saturated rings. The molecule has 6 nitrogen and oxygen atoms in total. The first-order chi connectivity index (χ1) is 12.5. The Morgan fingerprint density at radius 3 is 2.58 bits per heavy atom. The second-order valence-corrected chi connectivity index (χ2v) is 6.29. The first-order valence-corrected chi connectivity index (χ1v) is 8.42. The maximum Gasteiger partial charge on any atom is 0.234 e. The van der Waals surface area contributed by atoms with Crippen LogP contribution in [0.3, 0.4) is 0 Å². The van der Waals surface area contributed by atoms with Gasteiger partial charge in [0.1, 0.15) is 0 Å². The number of nitrogens with zero attached hydrogens (tertiary/aromatic N) is 4. The highest BCUT2D eigenvalue weighted by Gasteiger charge is 2.16. The van der Waals surface area contributed by atoms with Gasteiger partial charge in [-0.25, -0.2) is 13.2 Å². The molecular weight excluding hydrogens is 391 g/mol. The second kappa shape index (κ2) is 7.75. The van der Waals surface area contributed by atoms with E-state index >= 15 is 0 Å². The molecule has 0 unspecified atom stereocenters. The van der Waals surface area contributed by atoms with E-state index in [2.05, 4.69) is 20.8 Å². The number of amides is 1. The van der Waals surface area contributed by atoms with E-state index in [0.29, 0.717) is 15.9 Å². The zero-order valence-electron chi connectivity index (χ0n) is 12.8. The van der Waals surface area contributed by atoms with Crippen LogP contribution in [0.2, 0.25) is 5.02 Å². The summed E-state index contributed by atoms with van der Waals surface area (Å²) in [6.45, 7) is 0. The minimum absolute atomic E-state index is 0.174. The first-order valence-electron chi connectivity index (χ1n) is 7.06. The standard InChI is InChI=1S/C15H9ClF3N5OS/c16-8-1-3-9(4-2-8)24-15(21-22-23-24)26-7-12(25)20-11-6-5-10(17)13(18)14(11)19/h1-6H,7H2,(H,20,25). The number of hydrogen-bond donors (Lipinski definition) is 1. The van der Waals surface area contributed by atoms with E-state index in [1.165, 1.54) is 4.68 Å². The molecule has 3 aromatic rings. The van der Waals surface area contributed by atoms with Crippen LogP contribution in [-0.4, -0.2) is 31.9 Å². The normalized spacial score (nSPS) is 10.8. The van der Waals surface area contributed by atoms with E-state index in [-0.39, 0.29) is 5.75 Å². The van der Waals surface area contributed by atoms with Crippen molar-refractivity contribution in [2.75, 3.05) is 11.1 Å². The van der Waals surface area contributed by atoms with Crippen molar-refractivity contribution in [2.45, 2.75) is 5.16 Å². The van der Waals surface area contributed by atoms with Gasteiger partial charge < -0.3 is 5.32 Å². The maximum atomic E-state index is 13.6. The Morgan fingerprint density at radius 1 is 1.12 bits per heavy atom. The Balaban J connectivity index is 1.67.